The topological polar surface area (TPSA) is 99.0 Å². The van der Waals surface area contributed by atoms with Crippen LogP contribution >= 0.6 is 11.6 Å². The summed E-state index contributed by atoms with van der Waals surface area (Å²) >= 11 is 6.36. The fourth-order valence-electron chi connectivity index (χ4n) is 3.42. The highest BCUT2D eigenvalue weighted by Gasteiger charge is 2.18. The van der Waals surface area contributed by atoms with Crippen LogP contribution in [0.5, 0.6) is 0 Å². The Morgan fingerprint density at radius 2 is 1.83 bits per heavy atom. The Bertz CT molecular complexity index is 1250. The maximum atomic E-state index is 13.4. The van der Waals surface area contributed by atoms with Crippen LogP contribution in [0.25, 0.3) is 16.5 Å². The minimum Gasteiger partial charge on any atom is -0.396 e. The van der Waals surface area contributed by atoms with Crippen LogP contribution in [0.3, 0.4) is 0 Å². The highest BCUT2D eigenvalue weighted by Crippen LogP contribution is 2.29. The second kappa shape index (κ2) is 7.48. The summed E-state index contributed by atoms with van der Waals surface area (Å²) in [5.41, 5.74) is 14.3. The summed E-state index contributed by atoms with van der Waals surface area (Å²) in [6.45, 7) is 1.96. The fourth-order valence-corrected chi connectivity index (χ4v) is 3.68. The second-order valence-corrected chi connectivity index (χ2v) is 7.22. The van der Waals surface area contributed by atoms with Gasteiger partial charge in [0.2, 0.25) is 0 Å². The van der Waals surface area contributed by atoms with Gasteiger partial charge in [-0.2, -0.15) is 0 Å². The molecule has 0 amide bonds. The van der Waals surface area contributed by atoms with E-state index in [0.29, 0.717) is 27.6 Å². The number of nitrogens with zero attached hydrogens (tertiary/aromatic N) is 2. The lowest BCUT2D eigenvalue weighted by Crippen LogP contribution is -2.25. The molecule has 146 valence electrons. The van der Waals surface area contributed by atoms with Crippen LogP contribution in [0.1, 0.15) is 18.7 Å². The number of para-hydroxylation sites is 1. The van der Waals surface area contributed by atoms with Crippen molar-refractivity contribution < 1.29 is 0 Å². The molecule has 2 aromatic heterocycles. The van der Waals surface area contributed by atoms with Gasteiger partial charge in [-0.05, 0) is 36.6 Å². The lowest BCUT2D eigenvalue weighted by atomic mass is 10.1. The summed E-state index contributed by atoms with van der Waals surface area (Å²) in [7, 11) is 0. The van der Waals surface area contributed by atoms with Crippen molar-refractivity contribution in [3.8, 4) is 5.69 Å². The van der Waals surface area contributed by atoms with Crippen LogP contribution in [0.2, 0.25) is 5.02 Å². The van der Waals surface area contributed by atoms with Gasteiger partial charge in [-0.1, -0.05) is 41.9 Å². The van der Waals surface area contributed by atoms with Crippen LogP contribution < -0.4 is 22.3 Å². The molecule has 0 aliphatic rings. The lowest BCUT2D eigenvalue weighted by Gasteiger charge is -2.22. The van der Waals surface area contributed by atoms with Gasteiger partial charge in [0.25, 0.3) is 5.56 Å². The first-order valence-electron chi connectivity index (χ1n) is 9.13. The predicted molar refractivity (Wildman–Crippen MR) is 120 cm³/mol. The SMILES string of the molecule is C[C@H](Nc1cc(N)ncc1N)c1cc2cccc(Cl)c2c(=O)n1-c1ccccc1. The Hall–Kier alpha value is -3.51. The molecule has 29 heavy (non-hydrogen) atoms. The van der Waals surface area contributed by atoms with E-state index in [9.17, 15) is 4.79 Å². The Balaban J connectivity index is 1.93. The summed E-state index contributed by atoms with van der Waals surface area (Å²) in [4.78, 5) is 17.4. The van der Waals surface area contributed by atoms with E-state index < -0.39 is 0 Å². The molecule has 2 heterocycles. The Kier molecular flexibility index (Phi) is 4.86. The van der Waals surface area contributed by atoms with Crippen LogP contribution in [-0.4, -0.2) is 9.55 Å². The molecule has 0 aliphatic carbocycles. The molecule has 0 bridgehead atoms. The number of hydrogen-bond acceptors (Lipinski definition) is 5. The van der Waals surface area contributed by atoms with Gasteiger partial charge >= 0.3 is 0 Å². The molecule has 2 aromatic carbocycles. The highest BCUT2D eigenvalue weighted by atomic mass is 35.5. The summed E-state index contributed by atoms with van der Waals surface area (Å²) in [5.74, 6) is 0.361. The van der Waals surface area contributed by atoms with Gasteiger partial charge in [-0.15, -0.1) is 0 Å². The standard InChI is InChI=1S/C22H20ClN5O/c1-13(27-18-11-20(25)26-12-17(18)24)19-10-14-6-5-9-16(23)21(14)22(29)28(19)15-7-3-2-4-8-15/h2-13H,24H2,1H3,(H3,25,26,27)/t13-/m0/s1. The van der Waals surface area contributed by atoms with E-state index in [-0.39, 0.29) is 11.6 Å². The van der Waals surface area contributed by atoms with Gasteiger partial charge in [0.15, 0.2) is 0 Å². The zero-order valence-corrected chi connectivity index (χ0v) is 16.5. The van der Waals surface area contributed by atoms with E-state index in [1.165, 1.54) is 6.20 Å². The lowest BCUT2D eigenvalue weighted by molar-refractivity contribution is 0.778. The molecule has 6 nitrogen and oxygen atoms in total. The maximum absolute atomic E-state index is 13.4. The second-order valence-electron chi connectivity index (χ2n) is 6.81. The number of nitrogen functional groups attached to an aromatic ring is 2. The van der Waals surface area contributed by atoms with E-state index in [0.717, 1.165) is 16.8 Å². The fraction of sp³-hybridized carbons (Fsp3) is 0.0909. The molecule has 0 saturated heterocycles. The molecule has 0 radical (unpaired) electrons. The largest absolute Gasteiger partial charge is 0.396 e. The van der Waals surface area contributed by atoms with Gasteiger partial charge in [0.1, 0.15) is 5.82 Å². The first kappa shape index (κ1) is 18.8. The van der Waals surface area contributed by atoms with Crippen molar-refractivity contribution in [2.24, 2.45) is 0 Å². The van der Waals surface area contributed by atoms with Gasteiger partial charge in [-0.25, -0.2) is 4.98 Å². The van der Waals surface area contributed by atoms with E-state index in [2.05, 4.69) is 10.3 Å². The Morgan fingerprint density at radius 3 is 2.59 bits per heavy atom. The van der Waals surface area contributed by atoms with Gasteiger partial charge < -0.3 is 16.8 Å². The van der Waals surface area contributed by atoms with Gasteiger partial charge in [0, 0.05) is 17.4 Å². The number of nitrogens with two attached hydrogens (primary N) is 2. The maximum Gasteiger partial charge on any atom is 0.264 e. The summed E-state index contributed by atoms with van der Waals surface area (Å²) in [6, 6.07) is 18.3. The third-order valence-electron chi connectivity index (χ3n) is 4.81. The van der Waals surface area contributed by atoms with E-state index in [1.54, 1.807) is 16.7 Å². The van der Waals surface area contributed by atoms with Crippen LogP contribution in [-0.2, 0) is 0 Å². The smallest absolute Gasteiger partial charge is 0.264 e. The highest BCUT2D eigenvalue weighted by molar-refractivity contribution is 6.35. The number of nitrogens with one attached hydrogen (secondary N) is 1. The molecule has 0 fully saturated rings. The summed E-state index contributed by atoms with van der Waals surface area (Å²) in [6.07, 6.45) is 1.51. The Labute approximate surface area is 172 Å². The van der Waals surface area contributed by atoms with Gasteiger partial charge in [-0.3, -0.25) is 9.36 Å². The van der Waals surface area contributed by atoms with Crippen molar-refractivity contribution in [1.29, 1.82) is 0 Å². The number of aromatic nitrogens is 2. The third kappa shape index (κ3) is 3.50. The molecule has 0 saturated carbocycles. The van der Waals surface area contributed by atoms with E-state index >= 15 is 0 Å². The van der Waals surface area contributed by atoms with Crippen molar-refractivity contribution in [3.05, 3.63) is 87.9 Å². The van der Waals surface area contributed by atoms with Crippen molar-refractivity contribution in [1.82, 2.24) is 9.55 Å². The number of halogens is 1. The number of benzene rings is 2. The summed E-state index contributed by atoms with van der Waals surface area (Å²) in [5, 5.41) is 5.04. The molecular weight excluding hydrogens is 386 g/mol. The average Bonchev–Trinajstić information content (AvgIpc) is 2.71. The molecule has 5 N–H and O–H groups in total. The number of fused-ring (bicyclic) bond motifs is 1. The molecule has 1 atom stereocenters. The predicted octanol–water partition coefficient (Wildman–Crippen LogP) is 4.38. The van der Waals surface area contributed by atoms with E-state index in [1.807, 2.05) is 55.5 Å². The number of hydrogen-bond donors (Lipinski definition) is 3. The van der Waals surface area contributed by atoms with Crippen LogP contribution in [0, 0.1) is 0 Å². The number of rotatable bonds is 4. The van der Waals surface area contributed by atoms with Crippen molar-refractivity contribution in [3.63, 3.8) is 0 Å². The van der Waals surface area contributed by atoms with Crippen LogP contribution in [0.4, 0.5) is 17.2 Å². The van der Waals surface area contributed by atoms with Gasteiger partial charge in [0.05, 0.1) is 34.0 Å². The first-order chi connectivity index (χ1) is 14.0. The Morgan fingerprint density at radius 1 is 1.07 bits per heavy atom. The normalized spacial score (nSPS) is 12.1. The molecule has 0 unspecified atom stereocenters. The molecule has 4 rings (SSSR count). The molecule has 7 heteroatoms. The first-order valence-corrected chi connectivity index (χ1v) is 9.50. The number of anilines is 3. The summed E-state index contributed by atoms with van der Waals surface area (Å²) < 4.78 is 1.67. The van der Waals surface area contributed by atoms with Crippen LogP contribution in [0.15, 0.2) is 71.7 Å². The molecule has 0 spiro atoms. The molecular formula is C22H20ClN5O. The van der Waals surface area contributed by atoms with Crippen molar-refractivity contribution in [2.75, 3.05) is 16.8 Å². The van der Waals surface area contributed by atoms with Crippen molar-refractivity contribution in [2.45, 2.75) is 13.0 Å². The quantitative estimate of drug-likeness (QED) is 0.468. The molecule has 4 aromatic rings. The zero-order valence-electron chi connectivity index (χ0n) is 15.8. The minimum absolute atomic E-state index is 0.176. The molecule has 0 aliphatic heterocycles. The van der Waals surface area contributed by atoms with E-state index in [4.69, 9.17) is 23.1 Å². The third-order valence-corrected chi connectivity index (χ3v) is 5.13. The number of pyridine rings is 2. The van der Waals surface area contributed by atoms with Crippen molar-refractivity contribution >= 4 is 39.6 Å². The average molecular weight is 406 g/mol. The monoisotopic (exact) mass is 405 g/mol. The minimum atomic E-state index is -0.254. The zero-order chi connectivity index (χ0) is 20.5.